The molecular weight excluding hydrogens is 279 g/mol. The number of amides is 1. The fourth-order valence-electron chi connectivity index (χ4n) is 0.994. The van der Waals surface area contributed by atoms with Gasteiger partial charge in [0.2, 0.25) is 0 Å². The maximum absolute atomic E-state index is 11.5. The van der Waals surface area contributed by atoms with Gasteiger partial charge in [0.1, 0.15) is 0 Å². The quantitative estimate of drug-likeness (QED) is 0.630. The van der Waals surface area contributed by atoms with Crippen LogP contribution in [0.5, 0.6) is 0 Å². The highest BCUT2D eigenvalue weighted by Crippen LogP contribution is 2.14. The number of anilines is 1. The summed E-state index contributed by atoms with van der Waals surface area (Å²) in [7, 11) is 3.44. The molecule has 0 aromatic heterocycles. The molecule has 1 rings (SSSR count). The van der Waals surface area contributed by atoms with Crippen LogP contribution in [-0.4, -0.2) is 24.9 Å². The van der Waals surface area contributed by atoms with Crippen molar-refractivity contribution in [2.45, 2.75) is 0 Å². The summed E-state index contributed by atoms with van der Waals surface area (Å²) >= 11 is 2.14. The molecule has 1 aromatic rings. The normalized spacial score (nSPS) is 9.77. The minimum absolute atomic E-state index is 0.0229. The van der Waals surface area contributed by atoms with Gasteiger partial charge in [-0.15, -0.1) is 0 Å². The van der Waals surface area contributed by atoms with Crippen LogP contribution in [0.2, 0.25) is 0 Å². The Morgan fingerprint density at radius 3 is 2.46 bits per heavy atom. The summed E-state index contributed by atoms with van der Waals surface area (Å²) < 4.78 is 0.975. The molecule has 3 nitrogen and oxygen atoms in total. The second-order valence-corrected chi connectivity index (χ2v) is 4.22. The van der Waals surface area contributed by atoms with Crippen molar-refractivity contribution in [3.63, 3.8) is 0 Å². The van der Waals surface area contributed by atoms with Crippen molar-refractivity contribution in [3.05, 3.63) is 27.3 Å². The third-order valence-electron chi connectivity index (χ3n) is 1.57. The fraction of sp³-hybridized carbons (Fsp3) is 0.222. The van der Waals surface area contributed by atoms with Crippen molar-refractivity contribution in [1.82, 2.24) is 4.90 Å². The maximum Gasteiger partial charge on any atom is 0.253 e. The molecule has 0 saturated carbocycles. The van der Waals surface area contributed by atoms with Gasteiger partial charge in [0.15, 0.2) is 0 Å². The molecule has 0 atom stereocenters. The maximum atomic E-state index is 11.5. The Morgan fingerprint density at radius 1 is 1.38 bits per heavy atom. The van der Waals surface area contributed by atoms with Gasteiger partial charge in [-0.2, -0.15) is 0 Å². The van der Waals surface area contributed by atoms with E-state index in [1.165, 1.54) is 4.90 Å². The average Bonchev–Trinajstić information content (AvgIpc) is 2.01. The zero-order valence-electron chi connectivity index (χ0n) is 7.54. The highest BCUT2D eigenvalue weighted by atomic mass is 127. The number of benzene rings is 1. The molecule has 2 N–H and O–H groups in total. The highest BCUT2D eigenvalue weighted by Gasteiger charge is 2.08. The van der Waals surface area contributed by atoms with E-state index in [1.807, 2.05) is 12.1 Å². The van der Waals surface area contributed by atoms with Gasteiger partial charge < -0.3 is 10.6 Å². The molecule has 0 heterocycles. The summed E-state index contributed by atoms with van der Waals surface area (Å²) in [5.74, 6) is -0.0229. The first-order valence-corrected chi connectivity index (χ1v) is 4.86. The summed E-state index contributed by atoms with van der Waals surface area (Å²) in [6.45, 7) is 0. The molecule has 70 valence electrons. The molecular formula is C9H11IN2O. The van der Waals surface area contributed by atoms with Crippen LogP contribution < -0.4 is 5.73 Å². The van der Waals surface area contributed by atoms with Crippen LogP contribution in [-0.2, 0) is 0 Å². The summed E-state index contributed by atoms with van der Waals surface area (Å²) in [4.78, 5) is 13.0. The molecule has 0 aliphatic heterocycles. The standard InChI is InChI=1S/C9H11IN2O/c1-12(2)9(13)6-3-7(10)5-8(11)4-6/h3-5H,11H2,1-2H3. The van der Waals surface area contributed by atoms with E-state index in [9.17, 15) is 4.79 Å². The number of nitrogens with two attached hydrogens (primary N) is 1. The highest BCUT2D eigenvalue weighted by molar-refractivity contribution is 14.1. The molecule has 4 heteroatoms. The zero-order valence-corrected chi connectivity index (χ0v) is 9.70. The lowest BCUT2D eigenvalue weighted by Crippen LogP contribution is -2.21. The second-order valence-electron chi connectivity index (χ2n) is 2.97. The number of nitrogens with zero attached hydrogens (tertiary/aromatic N) is 1. The van der Waals surface area contributed by atoms with Gasteiger partial charge in [0.25, 0.3) is 5.91 Å². The van der Waals surface area contributed by atoms with E-state index < -0.39 is 0 Å². The van der Waals surface area contributed by atoms with E-state index in [4.69, 9.17) is 5.73 Å². The summed E-state index contributed by atoms with van der Waals surface area (Å²) in [6.07, 6.45) is 0. The Balaban J connectivity index is 3.08. The molecule has 0 unspecified atom stereocenters. The van der Waals surface area contributed by atoms with Crippen molar-refractivity contribution in [2.24, 2.45) is 0 Å². The van der Waals surface area contributed by atoms with Crippen LogP contribution in [0.4, 0.5) is 5.69 Å². The predicted molar refractivity (Wildman–Crippen MR) is 61.6 cm³/mol. The van der Waals surface area contributed by atoms with Gasteiger partial charge in [0, 0.05) is 28.9 Å². The molecule has 0 aliphatic carbocycles. The van der Waals surface area contributed by atoms with E-state index in [2.05, 4.69) is 22.6 Å². The predicted octanol–water partition coefficient (Wildman–Crippen LogP) is 1.58. The van der Waals surface area contributed by atoms with E-state index in [0.717, 1.165) is 3.57 Å². The van der Waals surface area contributed by atoms with Crippen molar-refractivity contribution >= 4 is 34.2 Å². The number of halogens is 1. The topological polar surface area (TPSA) is 46.3 Å². The third-order valence-corrected chi connectivity index (χ3v) is 2.20. The van der Waals surface area contributed by atoms with E-state index in [-0.39, 0.29) is 5.91 Å². The minimum Gasteiger partial charge on any atom is -0.399 e. The van der Waals surface area contributed by atoms with Crippen molar-refractivity contribution in [3.8, 4) is 0 Å². The Labute approximate surface area is 91.0 Å². The molecule has 13 heavy (non-hydrogen) atoms. The van der Waals surface area contributed by atoms with E-state index >= 15 is 0 Å². The zero-order chi connectivity index (χ0) is 10.0. The van der Waals surface area contributed by atoms with Crippen LogP contribution in [0.25, 0.3) is 0 Å². The van der Waals surface area contributed by atoms with Gasteiger partial charge >= 0.3 is 0 Å². The lowest BCUT2D eigenvalue weighted by molar-refractivity contribution is 0.0827. The summed E-state index contributed by atoms with van der Waals surface area (Å²) in [6, 6.07) is 5.33. The van der Waals surface area contributed by atoms with Crippen molar-refractivity contribution in [2.75, 3.05) is 19.8 Å². The number of carbonyl (C=O) groups excluding carboxylic acids is 1. The largest absolute Gasteiger partial charge is 0.399 e. The van der Waals surface area contributed by atoms with Crippen LogP contribution in [0.15, 0.2) is 18.2 Å². The van der Waals surface area contributed by atoms with Crippen molar-refractivity contribution < 1.29 is 4.79 Å². The third kappa shape index (κ3) is 2.58. The number of carbonyl (C=O) groups is 1. The van der Waals surface area contributed by atoms with Gasteiger partial charge in [0.05, 0.1) is 0 Å². The summed E-state index contributed by atoms with van der Waals surface area (Å²) in [5, 5.41) is 0. The lowest BCUT2D eigenvalue weighted by atomic mass is 10.2. The van der Waals surface area contributed by atoms with Gasteiger partial charge in [-0.3, -0.25) is 4.79 Å². The van der Waals surface area contributed by atoms with Gasteiger partial charge in [-0.05, 0) is 40.8 Å². The molecule has 0 bridgehead atoms. The van der Waals surface area contributed by atoms with Crippen molar-refractivity contribution in [1.29, 1.82) is 0 Å². The first-order valence-electron chi connectivity index (χ1n) is 3.78. The lowest BCUT2D eigenvalue weighted by Gasteiger charge is -2.10. The Hall–Kier alpha value is -0.780. The fourth-order valence-corrected chi connectivity index (χ4v) is 1.69. The number of rotatable bonds is 1. The van der Waals surface area contributed by atoms with Crippen LogP contribution in [0.3, 0.4) is 0 Å². The molecule has 0 aliphatic rings. The molecule has 0 fully saturated rings. The van der Waals surface area contributed by atoms with Crippen LogP contribution in [0, 0.1) is 3.57 Å². The molecule has 0 spiro atoms. The molecule has 0 saturated heterocycles. The smallest absolute Gasteiger partial charge is 0.253 e. The molecule has 1 amide bonds. The number of hydrogen-bond donors (Lipinski definition) is 1. The van der Waals surface area contributed by atoms with Crippen LogP contribution in [0.1, 0.15) is 10.4 Å². The summed E-state index contributed by atoms with van der Waals surface area (Å²) in [5.41, 5.74) is 6.88. The van der Waals surface area contributed by atoms with E-state index in [1.54, 1.807) is 20.2 Å². The molecule has 0 radical (unpaired) electrons. The number of hydrogen-bond acceptors (Lipinski definition) is 2. The second kappa shape index (κ2) is 3.95. The average molecular weight is 290 g/mol. The van der Waals surface area contributed by atoms with Gasteiger partial charge in [-0.1, -0.05) is 0 Å². The minimum atomic E-state index is -0.0229. The monoisotopic (exact) mass is 290 g/mol. The molecule has 1 aromatic carbocycles. The Kier molecular flexibility index (Phi) is 3.13. The number of nitrogen functional groups attached to an aromatic ring is 1. The first kappa shape index (κ1) is 10.3. The SMILES string of the molecule is CN(C)C(=O)c1cc(N)cc(I)c1. The van der Waals surface area contributed by atoms with Crippen LogP contribution >= 0.6 is 22.6 Å². The first-order chi connectivity index (χ1) is 6.00. The Bertz CT molecular complexity index is 316. The van der Waals surface area contributed by atoms with E-state index in [0.29, 0.717) is 11.3 Å². The van der Waals surface area contributed by atoms with Gasteiger partial charge in [-0.25, -0.2) is 0 Å². The Morgan fingerprint density at radius 2 is 2.00 bits per heavy atom.